The first kappa shape index (κ1) is 14.1. The van der Waals surface area contributed by atoms with E-state index in [1.54, 1.807) is 24.3 Å². The van der Waals surface area contributed by atoms with Crippen molar-refractivity contribution in [1.29, 1.82) is 0 Å². The summed E-state index contributed by atoms with van der Waals surface area (Å²) in [7, 11) is 0. The van der Waals surface area contributed by atoms with Crippen molar-refractivity contribution in [3.63, 3.8) is 0 Å². The lowest BCUT2D eigenvalue weighted by Crippen LogP contribution is -2.17. The van der Waals surface area contributed by atoms with Crippen LogP contribution in [0.4, 0.5) is 18.9 Å². The molecule has 2 aromatic rings. The van der Waals surface area contributed by atoms with Crippen molar-refractivity contribution in [2.75, 3.05) is 5.32 Å². The molecule has 0 aromatic heterocycles. The van der Waals surface area contributed by atoms with Gasteiger partial charge in [0.15, 0.2) is 0 Å². The second kappa shape index (κ2) is 5.75. The average molecular weight is 280 g/mol. The molecule has 0 aliphatic carbocycles. The largest absolute Gasteiger partial charge is 0.326 e. The van der Waals surface area contributed by atoms with Gasteiger partial charge >= 0.3 is 0 Å². The first-order valence-electron chi connectivity index (χ1n) is 5.76. The number of rotatable bonds is 3. The third-order valence-electron chi connectivity index (χ3n) is 2.72. The number of amides is 1. The van der Waals surface area contributed by atoms with Gasteiger partial charge in [0.2, 0.25) is 0 Å². The van der Waals surface area contributed by atoms with Gasteiger partial charge in [-0.1, -0.05) is 18.2 Å². The highest BCUT2D eigenvalue weighted by molar-refractivity contribution is 6.05. The van der Waals surface area contributed by atoms with Gasteiger partial charge in [0.25, 0.3) is 5.91 Å². The maximum Gasteiger partial charge on any atom is 0.261 e. The molecule has 2 aromatic carbocycles. The van der Waals surface area contributed by atoms with Crippen LogP contribution in [0, 0.1) is 17.5 Å². The molecule has 1 amide bonds. The zero-order valence-corrected chi connectivity index (χ0v) is 10.3. The summed E-state index contributed by atoms with van der Waals surface area (Å²) < 4.78 is 39.8. The number of halogens is 3. The Morgan fingerprint density at radius 3 is 2.30 bits per heavy atom. The van der Waals surface area contributed by atoms with Gasteiger partial charge in [-0.2, -0.15) is 0 Å². The Hall–Kier alpha value is -2.34. The lowest BCUT2D eigenvalue weighted by molar-refractivity contribution is 0.101. The molecule has 104 valence electrons. The Morgan fingerprint density at radius 2 is 1.70 bits per heavy atom. The van der Waals surface area contributed by atoms with E-state index in [4.69, 9.17) is 5.73 Å². The quantitative estimate of drug-likeness (QED) is 0.908. The van der Waals surface area contributed by atoms with Crippen LogP contribution in [0.1, 0.15) is 15.9 Å². The van der Waals surface area contributed by atoms with Gasteiger partial charge in [0.1, 0.15) is 23.0 Å². The van der Waals surface area contributed by atoms with Gasteiger partial charge in [-0.25, -0.2) is 13.2 Å². The van der Waals surface area contributed by atoms with Crippen molar-refractivity contribution in [2.24, 2.45) is 5.73 Å². The SMILES string of the molecule is NCc1ccccc1NC(=O)c1c(F)cc(F)cc1F. The highest BCUT2D eigenvalue weighted by Crippen LogP contribution is 2.19. The van der Waals surface area contributed by atoms with Crippen LogP contribution in [0.25, 0.3) is 0 Å². The van der Waals surface area contributed by atoms with Crippen molar-refractivity contribution in [2.45, 2.75) is 6.54 Å². The molecule has 0 bridgehead atoms. The molecule has 0 atom stereocenters. The van der Waals surface area contributed by atoms with Crippen molar-refractivity contribution in [3.8, 4) is 0 Å². The standard InChI is InChI=1S/C14H11F3N2O/c15-9-5-10(16)13(11(17)6-9)14(20)19-12-4-2-1-3-8(12)7-18/h1-6H,7,18H2,(H,19,20). The van der Waals surface area contributed by atoms with Crippen LogP contribution >= 0.6 is 0 Å². The van der Waals surface area contributed by atoms with Gasteiger partial charge < -0.3 is 11.1 Å². The Kier molecular flexibility index (Phi) is 4.05. The monoisotopic (exact) mass is 280 g/mol. The Morgan fingerprint density at radius 1 is 1.10 bits per heavy atom. The molecule has 0 radical (unpaired) electrons. The highest BCUT2D eigenvalue weighted by Gasteiger charge is 2.19. The van der Waals surface area contributed by atoms with Crippen LogP contribution in [-0.4, -0.2) is 5.91 Å². The first-order chi connectivity index (χ1) is 9.52. The zero-order chi connectivity index (χ0) is 14.7. The number of anilines is 1. The molecule has 0 heterocycles. The van der Waals surface area contributed by atoms with Crippen molar-refractivity contribution < 1.29 is 18.0 Å². The summed E-state index contributed by atoms with van der Waals surface area (Å²) in [6.07, 6.45) is 0. The lowest BCUT2D eigenvalue weighted by atomic mass is 10.1. The van der Waals surface area contributed by atoms with Gasteiger partial charge in [0, 0.05) is 24.4 Å². The van der Waals surface area contributed by atoms with Gasteiger partial charge in [0.05, 0.1) is 0 Å². The maximum atomic E-state index is 13.5. The molecule has 0 aliphatic rings. The average Bonchev–Trinajstić information content (AvgIpc) is 2.38. The third kappa shape index (κ3) is 2.80. The minimum Gasteiger partial charge on any atom is -0.326 e. The van der Waals surface area contributed by atoms with Crippen molar-refractivity contribution in [3.05, 3.63) is 65.0 Å². The number of nitrogens with two attached hydrogens (primary N) is 1. The van der Waals surface area contributed by atoms with Gasteiger partial charge in [-0.05, 0) is 11.6 Å². The number of carbonyl (C=O) groups is 1. The Labute approximate surface area is 113 Å². The molecule has 0 unspecified atom stereocenters. The molecule has 6 heteroatoms. The fourth-order valence-corrected chi connectivity index (χ4v) is 1.76. The van der Waals surface area contributed by atoms with Crippen LogP contribution in [-0.2, 0) is 6.54 Å². The summed E-state index contributed by atoms with van der Waals surface area (Å²) in [5.74, 6) is -4.60. The summed E-state index contributed by atoms with van der Waals surface area (Å²) in [6, 6.07) is 7.50. The van der Waals surface area contributed by atoms with E-state index in [1.807, 2.05) is 0 Å². The maximum absolute atomic E-state index is 13.5. The summed E-state index contributed by atoms with van der Waals surface area (Å²) in [5.41, 5.74) is 5.63. The minimum absolute atomic E-state index is 0.158. The Balaban J connectivity index is 2.34. The predicted molar refractivity (Wildman–Crippen MR) is 68.6 cm³/mol. The van der Waals surface area contributed by atoms with Gasteiger partial charge in [-0.3, -0.25) is 4.79 Å². The van der Waals surface area contributed by atoms with Gasteiger partial charge in [-0.15, -0.1) is 0 Å². The molecule has 0 saturated heterocycles. The zero-order valence-electron chi connectivity index (χ0n) is 10.3. The predicted octanol–water partition coefficient (Wildman–Crippen LogP) is 2.81. The normalized spacial score (nSPS) is 10.4. The topological polar surface area (TPSA) is 55.1 Å². The number of nitrogens with one attached hydrogen (secondary N) is 1. The van der Waals surface area contributed by atoms with Crippen molar-refractivity contribution >= 4 is 11.6 Å². The van der Waals surface area contributed by atoms with Crippen molar-refractivity contribution in [1.82, 2.24) is 0 Å². The Bertz CT molecular complexity index is 636. The van der Waals surface area contributed by atoms with E-state index >= 15 is 0 Å². The highest BCUT2D eigenvalue weighted by atomic mass is 19.1. The molecule has 0 aliphatic heterocycles. The molecular weight excluding hydrogens is 269 g/mol. The second-order valence-corrected chi connectivity index (χ2v) is 4.06. The van der Waals surface area contributed by atoms with E-state index < -0.39 is 28.9 Å². The summed E-state index contributed by atoms with van der Waals surface area (Å²) in [5, 5.41) is 2.36. The molecule has 3 N–H and O–H groups in total. The van der Waals surface area contributed by atoms with Crippen LogP contribution in [0.5, 0.6) is 0 Å². The third-order valence-corrected chi connectivity index (χ3v) is 2.72. The molecule has 3 nitrogen and oxygen atoms in total. The number of carbonyl (C=O) groups excluding carboxylic acids is 1. The molecule has 2 rings (SSSR count). The molecule has 20 heavy (non-hydrogen) atoms. The number of benzene rings is 2. The van der Waals surface area contributed by atoms with Crippen LogP contribution in [0.2, 0.25) is 0 Å². The summed E-state index contributed by atoms with van der Waals surface area (Å²) in [4.78, 5) is 11.9. The van der Waals surface area contributed by atoms with E-state index in [0.29, 0.717) is 23.4 Å². The van der Waals surface area contributed by atoms with Crippen LogP contribution in [0.3, 0.4) is 0 Å². The first-order valence-corrected chi connectivity index (χ1v) is 5.76. The number of hydrogen-bond acceptors (Lipinski definition) is 2. The minimum atomic E-state index is -1.26. The summed E-state index contributed by atoms with van der Waals surface area (Å²) >= 11 is 0. The van der Waals surface area contributed by atoms with E-state index in [2.05, 4.69) is 5.32 Å². The fraction of sp³-hybridized carbons (Fsp3) is 0.0714. The fourth-order valence-electron chi connectivity index (χ4n) is 1.76. The molecule has 0 saturated carbocycles. The smallest absolute Gasteiger partial charge is 0.261 e. The molecule has 0 spiro atoms. The van der Waals surface area contributed by atoms with Crippen LogP contribution < -0.4 is 11.1 Å². The van der Waals surface area contributed by atoms with E-state index in [1.165, 1.54) is 0 Å². The second-order valence-electron chi connectivity index (χ2n) is 4.06. The molecule has 0 fully saturated rings. The lowest BCUT2D eigenvalue weighted by Gasteiger charge is -2.10. The molecular formula is C14H11F3N2O. The summed E-state index contributed by atoms with van der Waals surface area (Å²) in [6.45, 7) is 0.158. The van der Waals surface area contributed by atoms with Crippen LogP contribution in [0.15, 0.2) is 36.4 Å². The number of para-hydroxylation sites is 1. The van der Waals surface area contributed by atoms with E-state index in [9.17, 15) is 18.0 Å². The van der Waals surface area contributed by atoms with E-state index in [0.717, 1.165) is 0 Å². The van der Waals surface area contributed by atoms with E-state index in [-0.39, 0.29) is 6.54 Å². The number of hydrogen-bond donors (Lipinski definition) is 2.